The van der Waals surface area contributed by atoms with Crippen molar-refractivity contribution >= 4 is 5.91 Å². The molecule has 4 nitrogen and oxygen atoms in total. The molecule has 1 amide bonds. The number of fused-ring (bicyclic) bond motifs is 1. The lowest BCUT2D eigenvalue weighted by atomic mass is 9.86. The van der Waals surface area contributed by atoms with Crippen LogP contribution in [0.1, 0.15) is 44.1 Å². The Balaban J connectivity index is 1.66. The third-order valence-electron chi connectivity index (χ3n) is 4.69. The maximum Gasteiger partial charge on any atom is 0.223 e. The van der Waals surface area contributed by atoms with E-state index in [-0.39, 0.29) is 18.4 Å². The topological polar surface area (TPSA) is 58.6 Å². The zero-order chi connectivity index (χ0) is 14.7. The molecule has 0 radical (unpaired) electrons. The van der Waals surface area contributed by atoms with E-state index in [1.807, 2.05) is 24.3 Å². The van der Waals surface area contributed by atoms with Crippen molar-refractivity contribution in [2.45, 2.75) is 44.1 Å². The number of aliphatic hydroxyl groups is 1. The van der Waals surface area contributed by atoms with Gasteiger partial charge in [0, 0.05) is 17.9 Å². The standard InChI is InChI=1S/C17H23NO3/c19-16(13-6-2-1-3-7-13)18-12-17(20)10-11-21-15-9-5-4-8-14(15)17/h4-5,8-9,13,20H,1-3,6-7,10-12H2,(H,18,19). The molecule has 1 aliphatic heterocycles. The smallest absolute Gasteiger partial charge is 0.223 e. The number of benzene rings is 1. The van der Waals surface area contributed by atoms with Crippen molar-refractivity contribution in [3.05, 3.63) is 29.8 Å². The monoisotopic (exact) mass is 289 g/mol. The Kier molecular flexibility index (Phi) is 4.15. The lowest BCUT2D eigenvalue weighted by Crippen LogP contribution is -2.45. The molecule has 2 aliphatic rings. The van der Waals surface area contributed by atoms with Crippen molar-refractivity contribution in [3.8, 4) is 5.75 Å². The summed E-state index contributed by atoms with van der Waals surface area (Å²) in [4.78, 5) is 12.2. The van der Waals surface area contributed by atoms with Crippen molar-refractivity contribution < 1.29 is 14.6 Å². The first-order valence-corrected chi connectivity index (χ1v) is 7.91. The van der Waals surface area contributed by atoms with E-state index in [0.717, 1.165) is 37.0 Å². The number of para-hydroxylation sites is 1. The van der Waals surface area contributed by atoms with Crippen LogP contribution in [0.5, 0.6) is 5.75 Å². The molecule has 1 unspecified atom stereocenters. The van der Waals surface area contributed by atoms with Gasteiger partial charge in [0.1, 0.15) is 11.4 Å². The third-order valence-corrected chi connectivity index (χ3v) is 4.69. The minimum Gasteiger partial charge on any atom is -0.493 e. The van der Waals surface area contributed by atoms with Crippen LogP contribution in [0.15, 0.2) is 24.3 Å². The van der Waals surface area contributed by atoms with Gasteiger partial charge in [0.2, 0.25) is 5.91 Å². The maximum atomic E-state index is 12.2. The summed E-state index contributed by atoms with van der Waals surface area (Å²) in [6.07, 6.45) is 5.97. The van der Waals surface area contributed by atoms with Crippen LogP contribution in [0.2, 0.25) is 0 Å². The molecule has 2 N–H and O–H groups in total. The molecule has 1 atom stereocenters. The number of hydrogen-bond donors (Lipinski definition) is 2. The van der Waals surface area contributed by atoms with E-state index in [1.54, 1.807) is 0 Å². The Morgan fingerprint density at radius 3 is 2.86 bits per heavy atom. The molecule has 1 aliphatic carbocycles. The van der Waals surface area contributed by atoms with Crippen LogP contribution < -0.4 is 10.1 Å². The van der Waals surface area contributed by atoms with Crippen molar-refractivity contribution in [1.82, 2.24) is 5.32 Å². The van der Waals surface area contributed by atoms with Crippen molar-refractivity contribution in [2.75, 3.05) is 13.2 Å². The molecule has 0 spiro atoms. The molecule has 1 aromatic rings. The van der Waals surface area contributed by atoms with Gasteiger partial charge in [-0.15, -0.1) is 0 Å². The van der Waals surface area contributed by atoms with Crippen LogP contribution in [0.4, 0.5) is 0 Å². The number of rotatable bonds is 3. The molecular formula is C17H23NO3. The molecule has 3 rings (SSSR count). The summed E-state index contributed by atoms with van der Waals surface area (Å²) in [6, 6.07) is 7.52. The average molecular weight is 289 g/mol. The van der Waals surface area contributed by atoms with Crippen LogP contribution in [-0.4, -0.2) is 24.2 Å². The number of nitrogens with one attached hydrogen (secondary N) is 1. The minimum atomic E-state index is -1.01. The summed E-state index contributed by atoms with van der Waals surface area (Å²) in [5.41, 5.74) is -0.237. The van der Waals surface area contributed by atoms with E-state index in [9.17, 15) is 9.90 Å². The highest BCUT2D eigenvalue weighted by atomic mass is 16.5. The highest BCUT2D eigenvalue weighted by Crippen LogP contribution is 2.36. The van der Waals surface area contributed by atoms with Gasteiger partial charge in [0.25, 0.3) is 0 Å². The van der Waals surface area contributed by atoms with Gasteiger partial charge in [-0.2, -0.15) is 0 Å². The first kappa shape index (κ1) is 14.4. The third kappa shape index (κ3) is 3.05. The predicted octanol–water partition coefficient (Wildman–Crippen LogP) is 2.35. The van der Waals surface area contributed by atoms with E-state index < -0.39 is 5.60 Å². The molecule has 1 saturated carbocycles. The summed E-state index contributed by atoms with van der Waals surface area (Å²) in [5, 5.41) is 13.8. The fourth-order valence-electron chi connectivity index (χ4n) is 3.37. The highest BCUT2D eigenvalue weighted by molar-refractivity contribution is 5.78. The van der Waals surface area contributed by atoms with Gasteiger partial charge in [-0.25, -0.2) is 0 Å². The number of hydrogen-bond acceptors (Lipinski definition) is 3. The summed E-state index contributed by atoms with van der Waals surface area (Å²) in [6.45, 7) is 0.746. The van der Waals surface area contributed by atoms with Gasteiger partial charge < -0.3 is 15.2 Å². The van der Waals surface area contributed by atoms with Crippen molar-refractivity contribution in [1.29, 1.82) is 0 Å². The predicted molar refractivity (Wildman–Crippen MR) is 80.0 cm³/mol. The van der Waals surface area contributed by atoms with Gasteiger partial charge in [-0.05, 0) is 18.9 Å². The van der Waals surface area contributed by atoms with E-state index in [1.165, 1.54) is 6.42 Å². The number of carbonyl (C=O) groups is 1. The Morgan fingerprint density at radius 1 is 1.29 bits per heavy atom. The molecule has 4 heteroatoms. The Morgan fingerprint density at radius 2 is 2.05 bits per heavy atom. The van der Waals surface area contributed by atoms with Crippen molar-refractivity contribution in [3.63, 3.8) is 0 Å². The zero-order valence-corrected chi connectivity index (χ0v) is 12.3. The Labute approximate surface area is 125 Å². The second kappa shape index (κ2) is 6.06. The van der Waals surface area contributed by atoms with Crippen LogP contribution >= 0.6 is 0 Å². The molecule has 1 aromatic carbocycles. The number of amides is 1. The largest absolute Gasteiger partial charge is 0.493 e. The first-order valence-electron chi connectivity index (χ1n) is 7.91. The second-order valence-electron chi connectivity index (χ2n) is 6.18. The van der Waals surface area contributed by atoms with E-state index in [0.29, 0.717) is 13.0 Å². The second-order valence-corrected chi connectivity index (χ2v) is 6.18. The van der Waals surface area contributed by atoms with E-state index in [4.69, 9.17) is 4.74 Å². The van der Waals surface area contributed by atoms with Gasteiger partial charge in [0.05, 0.1) is 13.2 Å². The molecular weight excluding hydrogens is 266 g/mol. The van der Waals surface area contributed by atoms with Crippen LogP contribution in [0.3, 0.4) is 0 Å². The molecule has 1 heterocycles. The van der Waals surface area contributed by atoms with Gasteiger partial charge in [0.15, 0.2) is 0 Å². The molecule has 1 fully saturated rings. The van der Waals surface area contributed by atoms with Crippen LogP contribution in [0, 0.1) is 5.92 Å². The molecule has 0 aromatic heterocycles. The normalized spacial score (nSPS) is 25.8. The first-order chi connectivity index (χ1) is 10.2. The molecule has 0 bridgehead atoms. The lowest BCUT2D eigenvalue weighted by Gasteiger charge is -2.35. The van der Waals surface area contributed by atoms with Crippen LogP contribution in [-0.2, 0) is 10.4 Å². The zero-order valence-electron chi connectivity index (χ0n) is 12.3. The quantitative estimate of drug-likeness (QED) is 0.898. The van der Waals surface area contributed by atoms with E-state index in [2.05, 4.69) is 5.32 Å². The Hall–Kier alpha value is -1.55. The van der Waals surface area contributed by atoms with Crippen LogP contribution in [0.25, 0.3) is 0 Å². The highest BCUT2D eigenvalue weighted by Gasteiger charge is 2.36. The van der Waals surface area contributed by atoms with Crippen molar-refractivity contribution in [2.24, 2.45) is 5.92 Å². The minimum absolute atomic E-state index is 0.0899. The van der Waals surface area contributed by atoms with Gasteiger partial charge in [-0.1, -0.05) is 37.5 Å². The molecule has 0 saturated heterocycles. The van der Waals surface area contributed by atoms with E-state index >= 15 is 0 Å². The maximum absolute atomic E-state index is 12.2. The molecule has 21 heavy (non-hydrogen) atoms. The fourth-order valence-corrected chi connectivity index (χ4v) is 3.37. The lowest BCUT2D eigenvalue weighted by molar-refractivity contribution is -0.127. The summed E-state index contributed by atoms with van der Waals surface area (Å²) < 4.78 is 5.57. The summed E-state index contributed by atoms with van der Waals surface area (Å²) in [5.74, 6) is 0.933. The SMILES string of the molecule is O=C(NCC1(O)CCOc2ccccc21)C1CCCCC1. The Bertz CT molecular complexity index is 511. The van der Waals surface area contributed by atoms with Gasteiger partial charge >= 0.3 is 0 Å². The summed E-state index contributed by atoms with van der Waals surface area (Å²) >= 11 is 0. The fraction of sp³-hybridized carbons (Fsp3) is 0.588. The van der Waals surface area contributed by atoms with Gasteiger partial charge in [-0.3, -0.25) is 4.79 Å². The summed E-state index contributed by atoms with van der Waals surface area (Å²) in [7, 11) is 0. The average Bonchev–Trinajstić information content (AvgIpc) is 2.54. The number of ether oxygens (including phenoxy) is 1. The molecule has 114 valence electrons. The number of carbonyl (C=O) groups excluding carboxylic acids is 1.